The summed E-state index contributed by atoms with van der Waals surface area (Å²) in [6.07, 6.45) is 10.5. The Hall–Kier alpha value is -0.200. The third kappa shape index (κ3) is 16.5. The van der Waals surface area contributed by atoms with Crippen molar-refractivity contribution < 1.29 is 25.2 Å². The summed E-state index contributed by atoms with van der Waals surface area (Å²) in [4.78, 5) is 0. The lowest BCUT2D eigenvalue weighted by atomic mass is 9.90. The smallest absolute Gasteiger partial charge is 0.0602 e. The molecule has 0 rings (SSSR count). The van der Waals surface area contributed by atoms with Crippen LogP contribution in [0.15, 0.2) is 0 Å². The van der Waals surface area contributed by atoms with Gasteiger partial charge in [0.25, 0.3) is 0 Å². The molecule has 5 heteroatoms. The zero-order chi connectivity index (χ0) is 20.5. The van der Waals surface area contributed by atoms with E-state index in [4.69, 9.17) is 14.9 Å². The standard InChI is InChI=1S/C22H46O5/c1-22(2,3)27-21(12-11-20(14-18-26)9-6-16-24)10-4-7-19(13-17-25)8-5-15-23/h19-21,23-26H,4-18H2,1-3H3. The van der Waals surface area contributed by atoms with E-state index in [1.165, 1.54) is 0 Å². The van der Waals surface area contributed by atoms with E-state index in [1.807, 2.05) is 0 Å². The maximum Gasteiger partial charge on any atom is 0.0602 e. The van der Waals surface area contributed by atoms with Crippen molar-refractivity contribution in [3.05, 3.63) is 0 Å². The van der Waals surface area contributed by atoms with E-state index in [0.717, 1.165) is 70.6 Å². The summed E-state index contributed by atoms with van der Waals surface area (Å²) in [6, 6.07) is 0. The van der Waals surface area contributed by atoms with Gasteiger partial charge in [0.05, 0.1) is 11.7 Å². The molecular formula is C22H46O5. The molecule has 4 N–H and O–H groups in total. The lowest BCUT2D eigenvalue weighted by molar-refractivity contribution is -0.0696. The molecule has 0 aromatic carbocycles. The van der Waals surface area contributed by atoms with Crippen LogP contribution in [0.3, 0.4) is 0 Å². The van der Waals surface area contributed by atoms with Crippen LogP contribution >= 0.6 is 0 Å². The fraction of sp³-hybridized carbons (Fsp3) is 1.00. The molecule has 0 aromatic rings. The van der Waals surface area contributed by atoms with Gasteiger partial charge in [-0.15, -0.1) is 0 Å². The summed E-state index contributed by atoms with van der Waals surface area (Å²) in [5.74, 6) is 0.920. The van der Waals surface area contributed by atoms with Gasteiger partial charge in [0, 0.05) is 26.4 Å². The third-order valence-electron chi connectivity index (χ3n) is 5.17. The molecular weight excluding hydrogens is 344 g/mol. The maximum atomic E-state index is 9.28. The largest absolute Gasteiger partial charge is 0.396 e. The molecule has 164 valence electrons. The Morgan fingerprint density at radius 1 is 0.556 bits per heavy atom. The predicted octanol–water partition coefficient (Wildman–Crippen LogP) is 3.66. The highest BCUT2D eigenvalue weighted by atomic mass is 16.5. The number of aliphatic hydroxyl groups is 4. The van der Waals surface area contributed by atoms with Crippen molar-refractivity contribution in [3.63, 3.8) is 0 Å². The molecule has 0 aliphatic heterocycles. The van der Waals surface area contributed by atoms with E-state index in [0.29, 0.717) is 11.8 Å². The minimum absolute atomic E-state index is 0.177. The first kappa shape index (κ1) is 26.8. The van der Waals surface area contributed by atoms with E-state index < -0.39 is 0 Å². The quantitative estimate of drug-likeness (QED) is 0.287. The second-order valence-corrected chi connectivity index (χ2v) is 8.85. The molecule has 5 nitrogen and oxygen atoms in total. The summed E-state index contributed by atoms with van der Waals surface area (Å²) in [6.45, 7) is 7.12. The first-order valence-corrected chi connectivity index (χ1v) is 11.0. The lowest BCUT2D eigenvalue weighted by Gasteiger charge is -2.29. The number of ether oxygens (including phenoxy) is 1. The Kier molecular flexibility index (Phi) is 16.6. The van der Waals surface area contributed by atoms with Gasteiger partial charge in [0.15, 0.2) is 0 Å². The molecule has 3 unspecified atom stereocenters. The fourth-order valence-electron chi connectivity index (χ4n) is 3.81. The van der Waals surface area contributed by atoms with Gasteiger partial charge in [-0.2, -0.15) is 0 Å². The van der Waals surface area contributed by atoms with Crippen LogP contribution in [-0.2, 0) is 4.74 Å². The van der Waals surface area contributed by atoms with Crippen LogP contribution in [0, 0.1) is 11.8 Å². The Morgan fingerprint density at radius 3 is 1.48 bits per heavy atom. The monoisotopic (exact) mass is 390 g/mol. The molecule has 0 aromatic heterocycles. The highest BCUT2D eigenvalue weighted by Gasteiger charge is 2.21. The summed E-state index contributed by atoms with van der Waals surface area (Å²) >= 11 is 0. The van der Waals surface area contributed by atoms with Crippen molar-refractivity contribution in [2.45, 2.75) is 103 Å². The Labute approximate surface area is 167 Å². The van der Waals surface area contributed by atoms with Crippen LogP contribution in [0.5, 0.6) is 0 Å². The SMILES string of the molecule is CC(C)(C)OC(CCCC(CCO)CCCO)CCC(CCO)CCCO. The molecule has 0 saturated carbocycles. The van der Waals surface area contributed by atoms with Gasteiger partial charge in [-0.3, -0.25) is 0 Å². The van der Waals surface area contributed by atoms with Gasteiger partial charge in [0.1, 0.15) is 0 Å². The Morgan fingerprint density at radius 2 is 1.04 bits per heavy atom. The molecule has 0 fully saturated rings. The van der Waals surface area contributed by atoms with Crippen molar-refractivity contribution in [1.29, 1.82) is 0 Å². The van der Waals surface area contributed by atoms with Crippen LogP contribution in [-0.4, -0.2) is 58.6 Å². The average Bonchev–Trinajstić information content (AvgIpc) is 2.60. The zero-order valence-electron chi connectivity index (χ0n) is 18.0. The minimum atomic E-state index is -0.177. The van der Waals surface area contributed by atoms with Crippen LogP contribution in [0.2, 0.25) is 0 Å². The van der Waals surface area contributed by atoms with Crippen LogP contribution in [0.1, 0.15) is 91.4 Å². The van der Waals surface area contributed by atoms with E-state index in [-0.39, 0.29) is 38.1 Å². The van der Waals surface area contributed by atoms with Gasteiger partial charge in [-0.1, -0.05) is 12.8 Å². The highest BCUT2D eigenvalue weighted by molar-refractivity contribution is 4.71. The molecule has 0 heterocycles. The van der Waals surface area contributed by atoms with E-state index in [9.17, 15) is 10.2 Å². The summed E-state index contributed by atoms with van der Waals surface area (Å²) in [7, 11) is 0. The van der Waals surface area contributed by atoms with Gasteiger partial charge in [0.2, 0.25) is 0 Å². The number of hydrogen-bond donors (Lipinski definition) is 4. The minimum Gasteiger partial charge on any atom is -0.396 e. The Bertz CT molecular complexity index is 316. The van der Waals surface area contributed by atoms with Gasteiger partial charge < -0.3 is 25.2 Å². The molecule has 27 heavy (non-hydrogen) atoms. The average molecular weight is 391 g/mol. The number of aliphatic hydroxyl groups excluding tert-OH is 4. The van der Waals surface area contributed by atoms with Gasteiger partial charge in [-0.05, 0) is 90.4 Å². The van der Waals surface area contributed by atoms with Crippen molar-refractivity contribution in [2.75, 3.05) is 26.4 Å². The molecule has 3 atom stereocenters. The van der Waals surface area contributed by atoms with Gasteiger partial charge >= 0.3 is 0 Å². The fourth-order valence-corrected chi connectivity index (χ4v) is 3.81. The van der Waals surface area contributed by atoms with E-state index >= 15 is 0 Å². The molecule has 0 spiro atoms. The molecule has 0 aliphatic rings. The summed E-state index contributed by atoms with van der Waals surface area (Å²) < 4.78 is 6.29. The maximum absolute atomic E-state index is 9.28. The summed E-state index contributed by atoms with van der Waals surface area (Å²) in [5, 5.41) is 36.6. The molecule has 0 amide bonds. The topological polar surface area (TPSA) is 90.2 Å². The predicted molar refractivity (Wildman–Crippen MR) is 111 cm³/mol. The van der Waals surface area contributed by atoms with E-state index in [2.05, 4.69) is 20.8 Å². The van der Waals surface area contributed by atoms with Crippen molar-refractivity contribution in [1.82, 2.24) is 0 Å². The van der Waals surface area contributed by atoms with Crippen LogP contribution in [0.4, 0.5) is 0 Å². The van der Waals surface area contributed by atoms with Crippen molar-refractivity contribution in [3.8, 4) is 0 Å². The second-order valence-electron chi connectivity index (χ2n) is 8.85. The normalized spacial score (nSPS) is 15.7. The molecule has 0 radical (unpaired) electrons. The van der Waals surface area contributed by atoms with Crippen LogP contribution in [0.25, 0.3) is 0 Å². The first-order chi connectivity index (χ1) is 12.9. The van der Waals surface area contributed by atoms with E-state index in [1.54, 1.807) is 0 Å². The van der Waals surface area contributed by atoms with Crippen molar-refractivity contribution >= 4 is 0 Å². The number of hydrogen-bond acceptors (Lipinski definition) is 5. The molecule has 0 aliphatic carbocycles. The first-order valence-electron chi connectivity index (χ1n) is 11.0. The van der Waals surface area contributed by atoms with Gasteiger partial charge in [-0.25, -0.2) is 0 Å². The zero-order valence-corrected chi connectivity index (χ0v) is 18.0. The van der Waals surface area contributed by atoms with Crippen molar-refractivity contribution in [2.24, 2.45) is 11.8 Å². The summed E-state index contributed by atoms with van der Waals surface area (Å²) in [5.41, 5.74) is -0.177. The Balaban J connectivity index is 4.51. The van der Waals surface area contributed by atoms with Crippen LogP contribution < -0.4 is 0 Å². The second kappa shape index (κ2) is 16.7. The molecule has 0 bridgehead atoms. The third-order valence-corrected chi connectivity index (χ3v) is 5.17. The highest BCUT2D eigenvalue weighted by Crippen LogP contribution is 2.26. The molecule has 0 saturated heterocycles. The number of rotatable bonds is 18. The lowest BCUT2D eigenvalue weighted by Crippen LogP contribution is -2.28.